The number of nitrogens with one attached hydrogen (secondary N) is 1. The molecule has 4 rings (SSSR count). The van der Waals surface area contributed by atoms with E-state index in [4.69, 9.17) is 0 Å². The lowest BCUT2D eigenvalue weighted by Gasteiger charge is -2.41. The Morgan fingerprint density at radius 1 is 1.42 bits per heavy atom. The fraction of sp³-hybridized carbons (Fsp3) is 0.353. The van der Waals surface area contributed by atoms with Crippen LogP contribution in [0.3, 0.4) is 0 Å². The van der Waals surface area contributed by atoms with E-state index < -0.39 is 6.10 Å². The topological polar surface area (TPSA) is 85.0 Å². The van der Waals surface area contributed by atoms with Crippen molar-refractivity contribution in [2.75, 3.05) is 0 Å². The van der Waals surface area contributed by atoms with Crippen molar-refractivity contribution >= 4 is 16.9 Å². The number of carbonyl (C=O) groups excluding carboxylic acids is 1. The Hall–Kier alpha value is -2.67. The molecule has 7 heteroatoms. The van der Waals surface area contributed by atoms with Crippen molar-refractivity contribution in [2.24, 2.45) is 0 Å². The van der Waals surface area contributed by atoms with Gasteiger partial charge in [-0.25, -0.2) is 4.98 Å². The quantitative estimate of drug-likeness (QED) is 0.750. The van der Waals surface area contributed by atoms with E-state index >= 15 is 0 Å². The molecule has 1 aromatic carbocycles. The van der Waals surface area contributed by atoms with Gasteiger partial charge in [0.05, 0.1) is 41.7 Å². The third-order valence-corrected chi connectivity index (χ3v) is 4.53. The van der Waals surface area contributed by atoms with Crippen molar-refractivity contribution in [3.8, 4) is 0 Å². The highest BCUT2D eigenvalue weighted by Gasteiger charge is 2.42. The molecule has 0 radical (unpaired) electrons. The number of para-hydroxylation sites is 2. The Morgan fingerprint density at radius 2 is 2.25 bits per heavy atom. The maximum atomic E-state index is 12.4. The van der Waals surface area contributed by atoms with Gasteiger partial charge in [0.25, 0.3) is 0 Å². The first-order valence-electron chi connectivity index (χ1n) is 8.00. The summed E-state index contributed by atoms with van der Waals surface area (Å²) >= 11 is 0. The van der Waals surface area contributed by atoms with Crippen LogP contribution in [-0.2, 0) is 11.3 Å². The first kappa shape index (κ1) is 14.9. The number of aromatic nitrogens is 4. The Balaban J connectivity index is 1.44. The van der Waals surface area contributed by atoms with Crippen LogP contribution >= 0.6 is 0 Å². The molecule has 1 aliphatic rings. The number of imidazole rings is 1. The molecule has 1 fully saturated rings. The fourth-order valence-corrected chi connectivity index (χ4v) is 3.26. The first-order valence-corrected chi connectivity index (χ1v) is 8.00. The summed E-state index contributed by atoms with van der Waals surface area (Å²) < 4.78 is 3.56. The number of aryl methyl sites for hydroxylation is 1. The Morgan fingerprint density at radius 3 is 3.00 bits per heavy atom. The summed E-state index contributed by atoms with van der Waals surface area (Å²) in [7, 11) is 0. The van der Waals surface area contributed by atoms with Crippen LogP contribution in [0.4, 0.5) is 0 Å². The van der Waals surface area contributed by atoms with Crippen molar-refractivity contribution in [1.29, 1.82) is 0 Å². The van der Waals surface area contributed by atoms with Gasteiger partial charge in [-0.2, -0.15) is 5.10 Å². The van der Waals surface area contributed by atoms with Gasteiger partial charge in [0.15, 0.2) is 0 Å². The number of hydrogen-bond donors (Lipinski definition) is 2. The molecule has 0 saturated heterocycles. The van der Waals surface area contributed by atoms with Crippen molar-refractivity contribution in [3.63, 3.8) is 0 Å². The number of benzene rings is 1. The normalized spacial score (nSPS) is 23.2. The third kappa shape index (κ3) is 2.56. The molecule has 2 N–H and O–H groups in total. The van der Waals surface area contributed by atoms with Gasteiger partial charge in [-0.3, -0.25) is 9.48 Å². The van der Waals surface area contributed by atoms with E-state index in [9.17, 15) is 9.90 Å². The molecule has 3 aromatic rings. The summed E-state index contributed by atoms with van der Waals surface area (Å²) in [6.45, 7) is 2.16. The van der Waals surface area contributed by atoms with E-state index in [1.165, 1.54) is 0 Å². The molecule has 1 amide bonds. The molecular formula is C17H19N5O2. The van der Waals surface area contributed by atoms with Crippen molar-refractivity contribution < 1.29 is 9.90 Å². The van der Waals surface area contributed by atoms with E-state index in [1.807, 2.05) is 42.0 Å². The zero-order valence-electron chi connectivity index (χ0n) is 13.3. The lowest BCUT2D eigenvalue weighted by molar-refractivity contribution is -0.125. The van der Waals surface area contributed by atoms with E-state index in [-0.39, 0.29) is 24.5 Å². The lowest BCUT2D eigenvalue weighted by Crippen LogP contribution is -2.56. The van der Waals surface area contributed by atoms with Gasteiger partial charge < -0.3 is 15.0 Å². The summed E-state index contributed by atoms with van der Waals surface area (Å²) in [5, 5.41) is 17.3. The molecule has 0 unspecified atom stereocenters. The molecule has 1 aliphatic carbocycles. The van der Waals surface area contributed by atoms with Crippen LogP contribution in [0.2, 0.25) is 0 Å². The van der Waals surface area contributed by atoms with Gasteiger partial charge in [0.1, 0.15) is 6.54 Å². The van der Waals surface area contributed by atoms with E-state index in [1.54, 1.807) is 17.2 Å². The number of aliphatic hydroxyl groups excluding tert-OH is 1. The van der Waals surface area contributed by atoms with Crippen LogP contribution in [0.5, 0.6) is 0 Å². The molecule has 2 aromatic heterocycles. The summed E-state index contributed by atoms with van der Waals surface area (Å²) in [4.78, 5) is 16.7. The highest BCUT2D eigenvalue weighted by Crippen LogP contribution is 2.32. The zero-order chi connectivity index (χ0) is 16.7. The highest BCUT2D eigenvalue weighted by molar-refractivity contribution is 5.80. The second kappa shape index (κ2) is 5.76. The fourth-order valence-electron chi connectivity index (χ4n) is 3.26. The summed E-state index contributed by atoms with van der Waals surface area (Å²) in [6.07, 6.45) is 5.37. The van der Waals surface area contributed by atoms with Gasteiger partial charge in [-0.1, -0.05) is 12.1 Å². The Labute approximate surface area is 138 Å². The van der Waals surface area contributed by atoms with Gasteiger partial charge >= 0.3 is 0 Å². The van der Waals surface area contributed by atoms with Crippen molar-refractivity contribution in [1.82, 2.24) is 24.6 Å². The van der Waals surface area contributed by atoms with Crippen molar-refractivity contribution in [3.05, 3.63) is 48.5 Å². The number of amides is 1. The minimum absolute atomic E-state index is 0.0936. The van der Waals surface area contributed by atoms with Crippen LogP contribution in [0.1, 0.15) is 18.0 Å². The van der Waals surface area contributed by atoms with Crippen LogP contribution < -0.4 is 5.32 Å². The standard InChI is InChI=1S/C17H19N5O2/c1-11-7-19-22(8-11)17-13(6-15(17)23)20-16(24)9-21-10-18-12-4-2-3-5-14(12)21/h2-5,7-8,10,13,15,17,23H,6,9H2,1H3,(H,20,24)/t13-,15+,17+/m0/s1. The van der Waals surface area contributed by atoms with Crippen LogP contribution in [-0.4, -0.2) is 42.5 Å². The monoisotopic (exact) mass is 325 g/mol. The van der Waals surface area contributed by atoms with E-state index in [0.29, 0.717) is 6.42 Å². The predicted octanol–water partition coefficient (Wildman–Crippen LogP) is 1.03. The van der Waals surface area contributed by atoms with Crippen LogP contribution in [0, 0.1) is 6.92 Å². The minimum Gasteiger partial charge on any atom is -0.391 e. The number of nitrogens with zero attached hydrogens (tertiary/aromatic N) is 4. The van der Waals surface area contributed by atoms with Gasteiger partial charge in [-0.05, 0) is 31.0 Å². The van der Waals surface area contributed by atoms with Crippen LogP contribution in [0.15, 0.2) is 43.0 Å². The number of carbonyl (C=O) groups is 1. The highest BCUT2D eigenvalue weighted by atomic mass is 16.3. The van der Waals surface area contributed by atoms with Gasteiger partial charge in [0, 0.05) is 6.20 Å². The Bertz CT molecular complexity index is 884. The lowest BCUT2D eigenvalue weighted by atomic mass is 9.83. The second-order valence-electron chi connectivity index (χ2n) is 6.33. The number of aliphatic hydroxyl groups is 1. The number of hydrogen-bond acceptors (Lipinski definition) is 4. The zero-order valence-corrected chi connectivity index (χ0v) is 13.3. The van der Waals surface area contributed by atoms with Crippen LogP contribution in [0.25, 0.3) is 11.0 Å². The molecule has 124 valence electrons. The molecule has 1 saturated carbocycles. The van der Waals surface area contributed by atoms with E-state index in [2.05, 4.69) is 15.4 Å². The van der Waals surface area contributed by atoms with Gasteiger partial charge in [0.2, 0.25) is 5.91 Å². The smallest absolute Gasteiger partial charge is 0.240 e. The molecule has 7 nitrogen and oxygen atoms in total. The molecule has 24 heavy (non-hydrogen) atoms. The van der Waals surface area contributed by atoms with E-state index in [0.717, 1.165) is 16.6 Å². The SMILES string of the molecule is Cc1cnn([C@H]2[C@H](O)C[C@@H]2NC(=O)Cn2cnc3ccccc32)c1. The molecule has 0 spiro atoms. The first-order chi connectivity index (χ1) is 11.6. The maximum Gasteiger partial charge on any atom is 0.240 e. The second-order valence-corrected chi connectivity index (χ2v) is 6.33. The molecular weight excluding hydrogens is 306 g/mol. The molecule has 2 heterocycles. The average molecular weight is 325 g/mol. The molecule has 0 aliphatic heterocycles. The Kier molecular flexibility index (Phi) is 3.57. The largest absolute Gasteiger partial charge is 0.391 e. The third-order valence-electron chi connectivity index (χ3n) is 4.53. The minimum atomic E-state index is -0.483. The number of rotatable bonds is 4. The maximum absolute atomic E-state index is 12.4. The molecule has 0 bridgehead atoms. The summed E-state index contributed by atoms with van der Waals surface area (Å²) in [6, 6.07) is 7.40. The predicted molar refractivity (Wildman–Crippen MR) is 88.3 cm³/mol. The van der Waals surface area contributed by atoms with Gasteiger partial charge in [-0.15, -0.1) is 0 Å². The molecule has 3 atom stereocenters. The summed E-state index contributed by atoms with van der Waals surface area (Å²) in [5.74, 6) is -0.0936. The van der Waals surface area contributed by atoms with Crippen molar-refractivity contribution in [2.45, 2.75) is 38.1 Å². The average Bonchev–Trinajstić information content (AvgIpc) is 3.14. The number of fused-ring (bicyclic) bond motifs is 1. The summed E-state index contributed by atoms with van der Waals surface area (Å²) in [5.41, 5.74) is 2.83.